The smallest absolute Gasteiger partial charge is 0.303 e. The Morgan fingerprint density at radius 1 is 0.815 bits per heavy atom. The zero-order valence-electron chi connectivity index (χ0n) is 37.6. The molecule has 0 bridgehead atoms. The van der Waals surface area contributed by atoms with Crippen molar-refractivity contribution in [1.82, 2.24) is 4.58 Å². The second-order valence-electron chi connectivity index (χ2n) is 16.9. The molecule has 1 atom stereocenters. The number of hydrogen-bond acceptors (Lipinski definition) is 13. The molecule has 4 N–H and O–H groups in total. The largest absolute Gasteiger partial charge is 0.481 e. The van der Waals surface area contributed by atoms with E-state index >= 15 is 0 Å². The van der Waals surface area contributed by atoms with Crippen molar-refractivity contribution in [2.24, 2.45) is 0 Å². The van der Waals surface area contributed by atoms with Crippen LogP contribution in [0, 0.1) is 0 Å². The number of aliphatic carboxylic acids is 1. The van der Waals surface area contributed by atoms with Crippen LogP contribution in [0.15, 0.2) is 69.6 Å². The van der Waals surface area contributed by atoms with Crippen LogP contribution in [0.4, 0.5) is 5.69 Å². The number of anilines is 1. The standard InChI is InChI=1S/C44H62N2O16S3/c1-43(2,3)41-30-33(36-15-13-34(31-39(36)62-41)45(18-8-28-63(49,50)51)20-21-59-24-25-61-27-26-60-23-22-58-5)10-6-11-40-44(4,17-7-12-42(47)48)37-32-35(65(55,56)57)14-16-38(37)46(40)19-9-29-64(52,53)54/h6,10-11,13-16,30-32H,7-9,12,17-29H2,1-5H3,(H3-,47,48,49,50,51,52,53,54,55,56,57)/p+1. The normalized spacial score (nSPS) is 17.1. The third-order valence-electron chi connectivity index (χ3n) is 10.8. The fourth-order valence-corrected chi connectivity index (χ4v) is 9.00. The molecule has 0 radical (unpaired) electrons. The van der Waals surface area contributed by atoms with Gasteiger partial charge in [0, 0.05) is 60.3 Å². The Bertz CT molecular complexity index is 2530. The van der Waals surface area contributed by atoms with Gasteiger partial charge in [-0.3, -0.25) is 18.5 Å². The Morgan fingerprint density at radius 2 is 1.45 bits per heavy atom. The number of allylic oxidation sites excluding steroid dienone is 3. The highest BCUT2D eigenvalue weighted by molar-refractivity contribution is 7.86. The summed E-state index contributed by atoms with van der Waals surface area (Å²) < 4.78 is 130. The summed E-state index contributed by atoms with van der Waals surface area (Å²) >= 11 is 0. The van der Waals surface area contributed by atoms with Crippen molar-refractivity contribution in [3.05, 3.63) is 82.6 Å². The maximum Gasteiger partial charge on any atom is 0.303 e. The highest BCUT2D eigenvalue weighted by Crippen LogP contribution is 2.51. The number of carboxylic acid groups (broad SMARTS) is 1. The third-order valence-corrected chi connectivity index (χ3v) is 13.2. The number of ether oxygens (including phenoxy) is 4. The number of nitrogens with zero attached hydrogens (tertiary/aromatic N) is 2. The van der Waals surface area contributed by atoms with Crippen LogP contribution in [-0.2, 0) is 64.9 Å². The monoisotopic (exact) mass is 971 g/mol. The van der Waals surface area contributed by atoms with Crippen LogP contribution in [-0.4, -0.2) is 134 Å². The Hall–Kier alpha value is -4.03. The topological polar surface area (TPSA) is 257 Å². The van der Waals surface area contributed by atoms with Crippen LogP contribution < -0.4 is 14.8 Å². The molecule has 0 spiro atoms. The molecule has 1 aromatic rings. The number of rotatable bonds is 27. The zero-order chi connectivity index (χ0) is 48.1. The van der Waals surface area contributed by atoms with Crippen LogP contribution in [0.1, 0.15) is 76.7 Å². The maximum absolute atomic E-state index is 12.3. The highest BCUT2D eigenvalue weighted by Gasteiger charge is 2.43. The fraction of sp³-hybridized carbons (Fsp3) is 0.545. The first-order valence-electron chi connectivity index (χ1n) is 21.2. The number of fused-ring (bicyclic) bond motifs is 2. The summed E-state index contributed by atoms with van der Waals surface area (Å²) in [6, 6.07) is 11.6. The van der Waals surface area contributed by atoms with E-state index in [1.165, 1.54) is 18.2 Å². The van der Waals surface area contributed by atoms with Crippen LogP contribution in [0.5, 0.6) is 0 Å². The lowest BCUT2D eigenvalue weighted by atomic mass is 9.77. The second kappa shape index (κ2) is 23.6. The first-order chi connectivity index (χ1) is 30.4. The molecule has 0 amide bonds. The molecular formula is C44H63N2O16S3+. The van der Waals surface area contributed by atoms with E-state index in [9.17, 15) is 48.8 Å². The van der Waals surface area contributed by atoms with E-state index in [0.717, 1.165) is 16.5 Å². The van der Waals surface area contributed by atoms with E-state index in [1.54, 1.807) is 19.3 Å². The van der Waals surface area contributed by atoms with E-state index in [2.05, 4.69) is 0 Å². The molecule has 1 aliphatic carbocycles. The number of carboxylic acids is 1. The molecular weight excluding hydrogens is 909 g/mol. The van der Waals surface area contributed by atoms with Crippen molar-refractivity contribution in [2.75, 3.05) is 89.4 Å². The molecule has 0 aromatic heterocycles. The van der Waals surface area contributed by atoms with E-state index in [4.69, 9.17) is 23.4 Å². The molecule has 0 saturated carbocycles. The molecule has 1 aromatic carbocycles. The predicted molar refractivity (Wildman–Crippen MR) is 245 cm³/mol. The molecule has 21 heteroatoms. The van der Waals surface area contributed by atoms with Gasteiger partial charge in [-0.15, -0.1) is 0 Å². The molecule has 2 heterocycles. The first-order valence-corrected chi connectivity index (χ1v) is 25.9. The van der Waals surface area contributed by atoms with Crippen molar-refractivity contribution in [3.8, 4) is 11.3 Å². The van der Waals surface area contributed by atoms with Crippen molar-refractivity contribution >= 4 is 48.1 Å². The van der Waals surface area contributed by atoms with E-state index < -0.39 is 58.7 Å². The number of carbonyl (C=O) groups is 1. The quantitative estimate of drug-likeness (QED) is 0.0451. The van der Waals surface area contributed by atoms with Gasteiger partial charge in [-0.1, -0.05) is 32.9 Å². The van der Waals surface area contributed by atoms with Gasteiger partial charge in [-0.05, 0) is 73.7 Å². The van der Waals surface area contributed by atoms with Gasteiger partial charge in [0.1, 0.15) is 24.7 Å². The Labute approximate surface area is 382 Å². The lowest BCUT2D eigenvalue weighted by Gasteiger charge is -2.30. The molecule has 1 unspecified atom stereocenters. The molecule has 18 nitrogen and oxygen atoms in total. The number of benzene rings is 2. The minimum Gasteiger partial charge on any atom is -0.481 e. The fourth-order valence-electron chi connectivity index (χ4n) is 7.51. The van der Waals surface area contributed by atoms with Crippen molar-refractivity contribution < 1.29 is 72.2 Å². The van der Waals surface area contributed by atoms with E-state index in [0.29, 0.717) is 81.3 Å². The Morgan fingerprint density at radius 3 is 2.05 bits per heavy atom. The second-order valence-corrected chi connectivity index (χ2v) is 21.5. The number of methoxy groups -OCH3 is 1. The van der Waals surface area contributed by atoms with Gasteiger partial charge < -0.3 is 33.4 Å². The minimum atomic E-state index is -4.62. The SMILES string of the molecule is COCCOCCOCCOCC[N+](CCCS(=O)(=O)O)=c1ccc2c(/C=C/C=C3\N(CCCS(=O)(=O)O)c4ccc(S(=O)(=O)O)cc4C3(C)CCCC(=O)O)cc(C(C)(C)C)oc-2c1. The van der Waals surface area contributed by atoms with Gasteiger partial charge in [-0.2, -0.15) is 25.3 Å². The molecule has 362 valence electrons. The number of hydrogen-bond donors (Lipinski definition) is 4. The summed E-state index contributed by atoms with van der Waals surface area (Å²) in [4.78, 5) is 13.1. The van der Waals surface area contributed by atoms with Crippen molar-refractivity contribution in [2.45, 2.75) is 75.5 Å². The zero-order valence-corrected chi connectivity index (χ0v) is 40.1. The van der Waals surface area contributed by atoms with Crippen LogP contribution in [0.2, 0.25) is 0 Å². The summed E-state index contributed by atoms with van der Waals surface area (Å²) in [5.74, 6) is -0.800. The minimum absolute atomic E-state index is 0.00587. The average molecular weight is 972 g/mol. The molecule has 4 rings (SSSR count). The van der Waals surface area contributed by atoms with Crippen molar-refractivity contribution in [3.63, 3.8) is 0 Å². The average Bonchev–Trinajstić information content (AvgIpc) is 3.42. The summed E-state index contributed by atoms with van der Waals surface area (Å²) in [7, 11) is -11.5. The first kappa shape index (κ1) is 53.6. The lowest BCUT2D eigenvalue weighted by Crippen LogP contribution is -2.35. The summed E-state index contributed by atoms with van der Waals surface area (Å²) in [6.45, 7) is 11.4. The highest BCUT2D eigenvalue weighted by atomic mass is 32.2. The van der Waals surface area contributed by atoms with Gasteiger partial charge >= 0.3 is 5.97 Å². The maximum atomic E-state index is 12.3. The lowest BCUT2D eigenvalue weighted by molar-refractivity contribution is -0.137. The summed E-state index contributed by atoms with van der Waals surface area (Å²) in [6.07, 6.45) is 5.92. The Kier molecular flexibility index (Phi) is 19.5. The van der Waals surface area contributed by atoms with E-state index in [1.807, 2.05) is 67.5 Å². The molecule has 65 heavy (non-hydrogen) atoms. The van der Waals surface area contributed by atoms with Gasteiger partial charge in [0.2, 0.25) is 5.36 Å². The predicted octanol–water partition coefficient (Wildman–Crippen LogP) is 4.88. The van der Waals surface area contributed by atoms with Crippen LogP contribution >= 0.6 is 0 Å². The third kappa shape index (κ3) is 16.7. The van der Waals surface area contributed by atoms with Gasteiger partial charge in [0.15, 0.2) is 6.54 Å². The Balaban J connectivity index is 1.76. The van der Waals surface area contributed by atoms with Crippen LogP contribution in [0.25, 0.3) is 17.4 Å². The van der Waals surface area contributed by atoms with Gasteiger partial charge in [0.05, 0.1) is 62.1 Å². The van der Waals surface area contributed by atoms with E-state index in [-0.39, 0.29) is 50.1 Å². The van der Waals surface area contributed by atoms with Gasteiger partial charge in [0.25, 0.3) is 30.4 Å². The molecule has 3 aliphatic rings. The summed E-state index contributed by atoms with van der Waals surface area (Å²) in [5.41, 5.74) is 1.70. The van der Waals surface area contributed by atoms with Crippen LogP contribution in [0.3, 0.4) is 0 Å². The van der Waals surface area contributed by atoms with Gasteiger partial charge in [-0.25, -0.2) is 4.58 Å². The molecule has 0 saturated heterocycles. The molecule has 0 fully saturated rings. The summed E-state index contributed by atoms with van der Waals surface area (Å²) in [5, 5.41) is 10.2. The van der Waals surface area contributed by atoms with Crippen molar-refractivity contribution in [1.29, 1.82) is 0 Å². The molecule has 2 aliphatic heterocycles.